The average Bonchev–Trinajstić information content (AvgIpc) is 3.17. The lowest BCUT2D eigenvalue weighted by molar-refractivity contribution is 0.0526. The van der Waals surface area contributed by atoms with E-state index in [1.165, 1.54) is 0 Å². The first kappa shape index (κ1) is 25.9. The second kappa shape index (κ2) is 10.4. The Morgan fingerprint density at radius 3 is 2.14 bits per heavy atom. The van der Waals surface area contributed by atoms with Crippen molar-refractivity contribution in [1.82, 2.24) is 4.57 Å². The first-order valence-corrected chi connectivity index (χ1v) is 13.6. The number of hydrogen-bond donors (Lipinski definition) is 0. The van der Waals surface area contributed by atoms with Gasteiger partial charge in [0.05, 0.1) is 35.4 Å². The van der Waals surface area contributed by atoms with E-state index >= 15 is 0 Å². The highest BCUT2D eigenvalue weighted by Gasteiger charge is 2.29. The molecule has 0 saturated carbocycles. The summed E-state index contributed by atoms with van der Waals surface area (Å²) in [5.41, 5.74) is 5.02. The highest BCUT2D eigenvalue weighted by atomic mass is 32.2. The van der Waals surface area contributed by atoms with E-state index in [9.17, 15) is 18.0 Å². The van der Waals surface area contributed by atoms with Gasteiger partial charge in [-0.05, 0) is 62.7 Å². The van der Waals surface area contributed by atoms with Crippen molar-refractivity contribution in [2.75, 3.05) is 17.2 Å². The first-order valence-electron chi connectivity index (χ1n) is 11.8. The summed E-state index contributed by atoms with van der Waals surface area (Å²) in [6, 6.07) is 24.9. The molecule has 0 bridgehead atoms. The van der Waals surface area contributed by atoms with Crippen molar-refractivity contribution in [3.63, 3.8) is 0 Å². The Labute approximate surface area is 217 Å². The molecule has 7 nitrogen and oxygen atoms in total. The number of carbonyl (C=O) groups excluding carboxylic acids is 2. The van der Waals surface area contributed by atoms with E-state index in [0.717, 1.165) is 33.1 Å². The first-order chi connectivity index (χ1) is 17.6. The summed E-state index contributed by atoms with van der Waals surface area (Å²) in [5, 5.41) is 0. The minimum atomic E-state index is -3.88. The summed E-state index contributed by atoms with van der Waals surface area (Å²) in [5.74, 6) is -0.999. The third-order valence-electron chi connectivity index (χ3n) is 6.02. The predicted molar refractivity (Wildman–Crippen MR) is 145 cm³/mol. The van der Waals surface area contributed by atoms with Gasteiger partial charge in [-0.1, -0.05) is 48.5 Å². The fourth-order valence-electron chi connectivity index (χ4n) is 4.40. The largest absolute Gasteiger partial charge is 0.462 e. The number of para-hydroxylation sites is 2. The fraction of sp³-hybridized carbons (Fsp3) is 0.172. The van der Waals surface area contributed by atoms with E-state index in [4.69, 9.17) is 4.74 Å². The van der Waals surface area contributed by atoms with E-state index in [0.29, 0.717) is 23.4 Å². The van der Waals surface area contributed by atoms with Crippen LogP contribution in [0.4, 0.5) is 5.69 Å². The van der Waals surface area contributed by atoms with E-state index in [1.807, 2.05) is 47.9 Å². The predicted octanol–water partition coefficient (Wildman–Crippen LogP) is 5.54. The maximum absolute atomic E-state index is 13.6. The number of hydrogen-bond acceptors (Lipinski definition) is 5. The number of amides is 1. The minimum absolute atomic E-state index is 0.280. The van der Waals surface area contributed by atoms with Crippen LogP contribution in [0.1, 0.15) is 39.0 Å². The number of aromatic nitrogens is 1. The molecule has 190 valence electrons. The zero-order valence-corrected chi connectivity index (χ0v) is 22.0. The zero-order chi connectivity index (χ0) is 26.7. The molecule has 0 radical (unpaired) electrons. The molecule has 0 saturated heterocycles. The summed E-state index contributed by atoms with van der Waals surface area (Å²) < 4.78 is 33.1. The maximum atomic E-state index is 13.6. The van der Waals surface area contributed by atoms with E-state index < -0.39 is 15.9 Å². The number of anilines is 1. The highest BCUT2D eigenvalue weighted by Crippen LogP contribution is 2.32. The van der Waals surface area contributed by atoms with Crippen LogP contribution in [-0.2, 0) is 14.8 Å². The molecule has 3 aromatic carbocycles. The minimum Gasteiger partial charge on any atom is -0.462 e. The second-order valence-electron chi connectivity index (χ2n) is 8.60. The normalized spacial score (nSPS) is 11.2. The molecule has 0 spiro atoms. The molecule has 0 unspecified atom stereocenters. The molecule has 4 rings (SSSR count). The molecule has 1 heterocycles. The number of ether oxygens (including phenoxy) is 1. The third-order valence-corrected chi connectivity index (χ3v) is 7.06. The van der Waals surface area contributed by atoms with E-state index in [1.54, 1.807) is 62.4 Å². The number of rotatable bonds is 7. The number of aryl methyl sites for hydroxylation is 1. The lowest BCUT2D eigenvalue weighted by atomic mass is 10.0. The molecule has 0 fully saturated rings. The van der Waals surface area contributed by atoms with Crippen molar-refractivity contribution in [2.24, 2.45) is 0 Å². The van der Waals surface area contributed by atoms with Crippen LogP contribution in [0.15, 0.2) is 84.9 Å². The van der Waals surface area contributed by atoms with Gasteiger partial charge in [-0.15, -0.1) is 0 Å². The second-order valence-corrected chi connectivity index (χ2v) is 10.4. The topological polar surface area (TPSA) is 85.7 Å². The molecule has 4 aromatic rings. The lowest BCUT2D eigenvalue weighted by Crippen LogP contribution is -2.36. The van der Waals surface area contributed by atoms with Gasteiger partial charge < -0.3 is 9.30 Å². The molecule has 0 N–H and O–H groups in total. The Bertz CT molecular complexity index is 1560. The number of esters is 1. The van der Waals surface area contributed by atoms with Crippen molar-refractivity contribution < 1.29 is 22.7 Å². The Hall–Kier alpha value is -4.17. The standard InChI is InChI=1S/C29H28N2O5S/c1-5-36-29(33)23-17-15-22(16-18-23)25-13-9-10-14-27(25)30-20(2)19-26(21(30)3)28(32)31(37(4,34)35)24-11-7-6-8-12-24/h6-19H,5H2,1-4H3. The van der Waals surface area contributed by atoms with Crippen LogP contribution in [0.5, 0.6) is 0 Å². The van der Waals surface area contributed by atoms with Gasteiger partial charge in [0.15, 0.2) is 0 Å². The van der Waals surface area contributed by atoms with E-state index in [-0.39, 0.29) is 11.7 Å². The number of nitrogens with zero attached hydrogens (tertiary/aromatic N) is 2. The zero-order valence-electron chi connectivity index (χ0n) is 21.1. The Kier molecular flexibility index (Phi) is 7.31. The fourth-order valence-corrected chi connectivity index (χ4v) is 5.30. The van der Waals surface area contributed by atoms with Crippen molar-refractivity contribution in [2.45, 2.75) is 20.8 Å². The van der Waals surface area contributed by atoms with Crippen LogP contribution in [0.3, 0.4) is 0 Å². The van der Waals surface area contributed by atoms with Gasteiger partial charge in [0.1, 0.15) is 0 Å². The van der Waals surface area contributed by atoms with Gasteiger partial charge in [-0.2, -0.15) is 0 Å². The molecule has 0 aliphatic carbocycles. The molecule has 8 heteroatoms. The van der Waals surface area contributed by atoms with Gasteiger partial charge in [0.2, 0.25) is 10.0 Å². The molecule has 0 aliphatic rings. The molecule has 0 aliphatic heterocycles. The molecule has 0 atom stereocenters. The summed E-state index contributed by atoms with van der Waals surface area (Å²) in [6.45, 7) is 5.74. The highest BCUT2D eigenvalue weighted by molar-refractivity contribution is 7.92. The summed E-state index contributed by atoms with van der Waals surface area (Å²) in [4.78, 5) is 25.7. The van der Waals surface area contributed by atoms with Gasteiger partial charge >= 0.3 is 5.97 Å². The van der Waals surface area contributed by atoms with Crippen LogP contribution in [0.25, 0.3) is 16.8 Å². The van der Waals surface area contributed by atoms with Gasteiger partial charge in [0, 0.05) is 17.0 Å². The third kappa shape index (κ3) is 5.20. The van der Waals surface area contributed by atoms with Crippen LogP contribution < -0.4 is 4.31 Å². The quantitative estimate of drug-likeness (QED) is 0.301. The van der Waals surface area contributed by atoms with Crippen molar-refractivity contribution in [3.8, 4) is 16.8 Å². The van der Waals surface area contributed by atoms with E-state index in [2.05, 4.69) is 0 Å². The maximum Gasteiger partial charge on any atom is 0.338 e. The van der Waals surface area contributed by atoms with Crippen molar-refractivity contribution in [3.05, 3.63) is 107 Å². The summed E-state index contributed by atoms with van der Waals surface area (Å²) in [6.07, 6.45) is 1.02. The van der Waals surface area contributed by atoms with Crippen LogP contribution in [-0.4, -0.2) is 37.7 Å². The van der Waals surface area contributed by atoms with Gasteiger partial charge in [-0.3, -0.25) is 4.79 Å². The smallest absolute Gasteiger partial charge is 0.338 e. The molecule has 1 amide bonds. The number of benzene rings is 3. The SMILES string of the molecule is CCOC(=O)c1ccc(-c2ccccc2-n2c(C)cc(C(=O)N(c3ccccc3)S(C)(=O)=O)c2C)cc1. The number of carbonyl (C=O) groups is 2. The van der Waals surface area contributed by atoms with Crippen LogP contribution in [0.2, 0.25) is 0 Å². The van der Waals surface area contributed by atoms with Gasteiger partial charge in [0.25, 0.3) is 5.91 Å². The Morgan fingerprint density at radius 2 is 1.51 bits per heavy atom. The van der Waals surface area contributed by atoms with Crippen molar-refractivity contribution in [1.29, 1.82) is 0 Å². The van der Waals surface area contributed by atoms with Crippen molar-refractivity contribution >= 4 is 27.6 Å². The Balaban J connectivity index is 1.79. The monoisotopic (exact) mass is 516 g/mol. The molecular weight excluding hydrogens is 488 g/mol. The van der Waals surface area contributed by atoms with Crippen LogP contribution in [0, 0.1) is 13.8 Å². The average molecular weight is 517 g/mol. The Morgan fingerprint density at radius 1 is 0.892 bits per heavy atom. The molecule has 37 heavy (non-hydrogen) atoms. The summed E-state index contributed by atoms with van der Waals surface area (Å²) in [7, 11) is -3.88. The van der Waals surface area contributed by atoms with Crippen LogP contribution >= 0.6 is 0 Å². The molecular formula is C29H28N2O5S. The lowest BCUT2D eigenvalue weighted by Gasteiger charge is -2.21. The molecule has 1 aromatic heterocycles. The number of sulfonamides is 1. The van der Waals surface area contributed by atoms with Gasteiger partial charge in [-0.25, -0.2) is 17.5 Å². The summed E-state index contributed by atoms with van der Waals surface area (Å²) >= 11 is 0.